The van der Waals surface area contributed by atoms with Gasteiger partial charge in [-0.3, -0.25) is 4.79 Å². The van der Waals surface area contributed by atoms with E-state index in [1.807, 2.05) is 10.8 Å². The summed E-state index contributed by atoms with van der Waals surface area (Å²) in [6.07, 6.45) is 6.76. The van der Waals surface area contributed by atoms with Crippen LogP contribution in [-0.2, 0) is 11.3 Å². The van der Waals surface area contributed by atoms with Crippen LogP contribution in [0.4, 0.5) is 0 Å². The van der Waals surface area contributed by atoms with Crippen LogP contribution >= 0.6 is 0 Å². The molecule has 1 unspecified atom stereocenters. The quantitative estimate of drug-likeness (QED) is 0.703. The van der Waals surface area contributed by atoms with Crippen molar-refractivity contribution in [3.63, 3.8) is 0 Å². The third-order valence-corrected chi connectivity index (χ3v) is 2.52. The van der Waals surface area contributed by atoms with E-state index in [0.29, 0.717) is 25.4 Å². The van der Waals surface area contributed by atoms with E-state index in [0.717, 1.165) is 13.0 Å². The first-order chi connectivity index (χ1) is 7.72. The molecule has 0 fully saturated rings. The smallest absolute Gasteiger partial charge is 0.220 e. The van der Waals surface area contributed by atoms with Crippen molar-refractivity contribution in [2.45, 2.75) is 26.3 Å². The maximum atomic E-state index is 11.4. The van der Waals surface area contributed by atoms with Crippen molar-refractivity contribution in [1.29, 1.82) is 0 Å². The van der Waals surface area contributed by atoms with E-state index in [-0.39, 0.29) is 5.91 Å². The van der Waals surface area contributed by atoms with Gasteiger partial charge in [0.2, 0.25) is 5.91 Å². The molecule has 0 aliphatic carbocycles. The van der Waals surface area contributed by atoms with Crippen molar-refractivity contribution >= 4 is 5.91 Å². The van der Waals surface area contributed by atoms with E-state index in [2.05, 4.69) is 17.2 Å². The highest BCUT2D eigenvalue weighted by atomic mass is 16.1. The van der Waals surface area contributed by atoms with Crippen LogP contribution in [0, 0.1) is 5.92 Å². The summed E-state index contributed by atoms with van der Waals surface area (Å²) in [7, 11) is 0. The first-order valence-corrected chi connectivity index (χ1v) is 5.65. The van der Waals surface area contributed by atoms with Crippen molar-refractivity contribution < 1.29 is 4.79 Å². The zero-order chi connectivity index (χ0) is 11.8. The lowest BCUT2D eigenvalue weighted by atomic mass is 10.1. The van der Waals surface area contributed by atoms with E-state index in [4.69, 9.17) is 5.73 Å². The van der Waals surface area contributed by atoms with Gasteiger partial charge in [0, 0.05) is 31.9 Å². The van der Waals surface area contributed by atoms with Gasteiger partial charge in [-0.15, -0.1) is 0 Å². The molecule has 1 aromatic heterocycles. The lowest BCUT2D eigenvalue weighted by molar-refractivity contribution is -0.121. The number of nitrogens with two attached hydrogens (primary N) is 1. The van der Waals surface area contributed by atoms with Gasteiger partial charge < -0.3 is 15.6 Å². The van der Waals surface area contributed by atoms with E-state index in [1.165, 1.54) is 0 Å². The van der Waals surface area contributed by atoms with Gasteiger partial charge in [-0.05, 0) is 18.9 Å². The molecule has 1 heterocycles. The zero-order valence-electron chi connectivity index (χ0n) is 9.72. The minimum atomic E-state index is 0.0976. The van der Waals surface area contributed by atoms with Crippen LogP contribution in [0.15, 0.2) is 18.7 Å². The summed E-state index contributed by atoms with van der Waals surface area (Å²) in [5.74, 6) is 0.514. The van der Waals surface area contributed by atoms with E-state index >= 15 is 0 Å². The van der Waals surface area contributed by atoms with Crippen LogP contribution in [0.3, 0.4) is 0 Å². The molecule has 1 amide bonds. The Balaban J connectivity index is 2.06. The standard InChI is InChI=1S/C11H20N4O/c1-10(8-12)2-3-11(16)14-5-7-15-6-4-13-9-15/h4,6,9-10H,2-3,5,7-8,12H2,1H3,(H,14,16). The lowest BCUT2D eigenvalue weighted by Gasteiger charge is -2.08. The van der Waals surface area contributed by atoms with E-state index in [1.54, 1.807) is 12.5 Å². The second kappa shape index (κ2) is 7.00. The predicted molar refractivity (Wildman–Crippen MR) is 62.7 cm³/mol. The van der Waals surface area contributed by atoms with Gasteiger partial charge >= 0.3 is 0 Å². The Hall–Kier alpha value is -1.36. The molecule has 3 N–H and O–H groups in total. The van der Waals surface area contributed by atoms with Gasteiger partial charge in [-0.2, -0.15) is 0 Å². The molecule has 0 aliphatic rings. The highest BCUT2D eigenvalue weighted by Gasteiger charge is 2.04. The van der Waals surface area contributed by atoms with E-state index in [9.17, 15) is 4.79 Å². The largest absolute Gasteiger partial charge is 0.354 e. The predicted octanol–water partition coefficient (Wildman–Crippen LogP) is 0.374. The van der Waals surface area contributed by atoms with Crippen LogP contribution in [0.25, 0.3) is 0 Å². The first kappa shape index (κ1) is 12.7. The topological polar surface area (TPSA) is 72.9 Å². The number of carbonyl (C=O) groups excluding carboxylic acids is 1. The van der Waals surface area contributed by atoms with Crippen LogP contribution in [0.2, 0.25) is 0 Å². The average molecular weight is 224 g/mol. The van der Waals surface area contributed by atoms with Gasteiger partial charge in [0.15, 0.2) is 0 Å². The summed E-state index contributed by atoms with van der Waals surface area (Å²) in [5.41, 5.74) is 5.48. The molecule has 0 aromatic carbocycles. The van der Waals surface area contributed by atoms with Crippen LogP contribution < -0.4 is 11.1 Å². The first-order valence-electron chi connectivity index (χ1n) is 5.65. The molecule has 0 radical (unpaired) electrons. The summed E-state index contributed by atoms with van der Waals surface area (Å²) >= 11 is 0. The molecule has 0 saturated heterocycles. The Labute approximate surface area is 96.0 Å². The molecule has 16 heavy (non-hydrogen) atoms. The highest BCUT2D eigenvalue weighted by molar-refractivity contribution is 5.75. The Morgan fingerprint density at radius 2 is 2.44 bits per heavy atom. The molecule has 0 saturated carbocycles. The van der Waals surface area contributed by atoms with Gasteiger partial charge in [0.25, 0.3) is 0 Å². The number of hydrogen-bond acceptors (Lipinski definition) is 3. The molecular formula is C11H20N4O. The number of rotatable bonds is 7. The molecular weight excluding hydrogens is 204 g/mol. The lowest BCUT2D eigenvalue weighted by Crippen LogP contribution is -2.27. The summed E-state index contributed by atoms with van der Waals surface area (Å²) in [4.78, 5) is 15.3. The second-order valence-electron chi connectivity index (χ2n) is 4.03. The second-order valence-corrected chi connectivity index (χ2v) is 4.03. The Kier molecular flexibility index (Phi) is 5.56. The number of aromatic nitrogens is 2. The monoisotopic (exact) mass is 224 g/mol. The zero-order valence-corrected chi connectivity index (χ0v) is 9.72. The number of nitrogens with zero attached hydrogens (tertiary/aromatic N) is 2. The molecule has 1 atom stereocenters. The number of hydrogen-bond donors (Lipinski definition) is 2. The van der Waals surface area contributed by atoms with Gasteiger partial charge in [0.1, 0.15) is 0 Å². The van der Waals surface area contributed by atoms with Crippen molar-refractivity contribution in [1.82, 2.24) is 14.9 Å². The van der Waals surface area contributed by atoms with Crippen molar-refractivity contribution in [3.05, 3.63) is 18.7 Å². The van der Waals surface area contributed by atoms with Gasteiger partial charge in [0.05, 0.1) is 6.33 Å². The minimum absolute atomic E-state index is 0.0976. The molecule has 5 nitrogen and oxygen atoms in total. The molecule has 5 heteroatoms. The third-order valence-electron chi connectivity index (χ3n) is 2.52. The number of amides is 1. The van der Waals surface area contributed by atoms with Crippen molar-refractivity contribution in [2.75, 3.05) is 13.1 Å². The van der Waals surface area contributed by atoms with Gasteiger partial charge in [-0.25, -0.2) is 4.98 Å². The molecule has 0 spiro atoms. The molecule has 0 aliphatic heterocycles. The summed E-state index contributed by atoms with van der Waals surface area (Å²) in [6, 6.07) is 0. The molecule has 1 aromatic rings. The molecule has 0 bridgehead atoms. The maximum Gasteiger partial charge on any atom is 0.220 e. The van der Waals surface area contributed by atoms with Crippen LogP contribution in [-0.4, -0.2) is 28.5 Å². The Morgan fingerprint density at radius 3 is 3.06 bits per heavy atom. The normalized spacial score (nSPS) is 12.4. The number of nitrogens with one attached hydrogen (secondary N) is 1. The number of carbonyl (C=O) groups is 1. The fraction of sp³-hybridized carbons (Fsp3) is 0.636. The summed E-state index contributed by atoms with van der Waals surface area (Å²) in [6.45, 7) is 4.10. The van der Waals surface area contributed by atoms with E-state index < -0.39 is 0 Å². The van der Waals surface area contributed by atoms with Crippen molar-refractivity contribution in [2.24, 2.45) is 11.7 Å². The summed E-state index contributed by atoms with van der Waals surface area (Å²) < 4.78 is 1.93. The maximum absolute atomic E-state index is 11.4. The van der Waals surface area contributed by atoms with Crippen molar-refractivity contribution in [3.8, 4) is 0 Å². The minimum Gasteiger partial charge on any atom is -0.354 e. The third kappa shape index (κ3) is 4.93. The van der Waals surface area contributed by atoms with Crippen LogP contribution in [0.5, 0.6) is 0 Å². The fourth-order valence-electron chi connectivity index (χ4n) is 1.33. The SMILES string of the molecule is CC(CN)CCC(=O)NCCn1ccnc1. The molecule has 1 rings (SSSR count). The average Bonchev–Trinajstić information content (AvgIpc) is 2.79. The highest BCUT2D eigenvalue weighted by Crippen LogP contribution is 2.02. The van der Waals surface area contributed by atoms with Gasteiger partial charge in [-0.1, -0.05) is 6.92 Å². The Bertz CT molecular complexity index is 297. The number of imidazole rings is 1. The Morgan fingerprint density at radius 1 is 1.62 bits per heavy atom. The van der Waals surface area contributed by atoms with Crippen LogP contribution in [0.1, 0.15) is 19.8 Å². The molecule has 90 valence electrons. The summed E-state index contributed by atoms with van der Waals surface area (Å²) in [5, 5.41) is 2.87. The fourth-order valence-corrected chi connectivity index (χ4v) is 1.33.